The van der Waals surface area contributed by atoms with E-state index in [0.29, 0.717) is 6.04 Å². The number of hydrogen-bond acceptors (Lipinski definition) is 4. The highest BCUT2D eigenvalue weighted by Crippen LogP contribution is 2.28. The Morgan fingerprint density at radius 2 is 1.79 bits per heavy atom. The van der Waals surface area contributed by atoms with Crippen molar-refractivity contribution in [3.05, 3.63) is 48.8 Å². The van der Waals surface area contributed by atoms with Crippen LogP contribution < -0.4 is 10.2 Å². The number of nitrogens with zero attached hydrogens (tertiary/aromatic N) is 4. The molecule has 1 aliphatic heterocycles. The average molecular weight is 390 g/mol. The van der Waals surface area contributed by atoms with Crippen molar-refractivity contribution in [2.24, 2.45) is 5.92 Å². The summed E-state index contributed by atoms with van der Waals surface area (Å²) >= 11 is 0. The van der Waals surface area contributed by atoms with Crippen molar-refractivity contribution >= 4 is 17.2 Å². The fourth-order valence-electron chi connectivity index (χ4n) is 4.64. The number of fused-ring (bicyclic) bond motifs is 1. The van der Waals surface area contributed by atoms with Gasteiger partial charge in [0, 0.05) is 43.0 Å². The number of amides is 1. The van der Waals surface area contributed by atoms with Gasteiger partial charge in [-0.3, -0.25) is 4.79 Å². The molecule has 1 amide bonds. The number of nitrogens with one attached hydrogen (secondary N) is 1. The monoisotopic (exact) mass is 389 g/mol. The summed E-state index contributed by atoms with van der Waals surface area (Å²) in [5.41, 5.74) is 3.07. The van der Waals surface area contributed by atoms with E-state index in [9.17, 15) is 4.79 Å². The van der Waals surface area contributed by atoms with E-state index in [-0.39, 0.29) is 11.8 Å². The predicted octanol–water partition coefficient (Wildman–Crippen LogP) is 3.67. The van der Waals surface area contributed by atoms with Crippen LogP contribution in [-0.2, 0) is 4.79 Å². The van der Waals surface area contributed by atoms with Gasteiger partial charge in [-0.05, 0) is 31.7 Å². The van der Waals surface area contributed by atoms with Crippen LogP contribution in [0.2, 0.25) is 0 Å². The number of carbonyl (C=O) groups excluding carboxylic acids is 1. The fourth-order valence-corrected chi connectivity index (χ4v) is 4.64. The summed E-state index contributed by atoms with van der Waals surface area (Å²) in [4.78, 5) is 19.6. The molecule has 1 N–H and O–H groups in total. The van der Waals surface area contributed by atoms with E-state index in [0.717, 1.165) is 61.4 Å². The average Bonchev–Trinajstić information content (AvgIpc) is 3.44. The molecule has 0 unspecified atom stereocenters. The third-order valence-electron chi connectivity index (χ3n) is 6.31. The molecule has 0 radical (unpaired) electrons. The van der Waals surface area contributed by atoms with E-state index in [4.69, 9.17) is 5.10 Å². The first kappa shape index (κ1) is 18.2. The Kier molecular flexibility index (Phi) is 4.92. The molecule has 2 aromatic heterocycles. The number of benzene rings is 1. The van der Waals surface area contributed by atoms with Crippen LogP contribution in [0.1, 0.15) is 38.5 Å². The quantitative estimate of drug-likeness (QED) is 0.740. The van der Waals surface area contributed by atoms with E-state index < -0.39 is 0 Å². The first-order chi connectivity index (χ1) is 14.3. The minimum atomic E-state index is 0.122. The first-order valence-corrected chi connectivity index (χ1v) is 10.7. The maximum absolute atomic E-state index is 12.6. The zero-order valence-corrected chi connectivity index (χ0v) is 16.6. The van der Waals surface area contributed by atoms with E-state index in [1.807, 2.05) is 35.1 Å². The second-order valence-electron chi connectivity index (χ2n) is 8.23. The van der Waals surface area contributed by atoms with Crippen molar-refractivity contribution in [2.75, 3.05) is 18.0 Å². The molecule has 2 fully saturated rings. The summed E-state index contributed by atoms with van der Waals surface area (Å²) in [7, 11) is 0. The highest BCUT2D eigenvalue weighted by molar-refractivity contribution is 5.80. The highest BCUT2D eigenvalue weighted by atomic mass is 16.1. The van der Waals surface area contributed by atoms with Crippen LogP contribution >= 0.6 is 0 Å². The SMILES string of the molecule is O=C(NC1CCCC1)C1CCN(c2nccn3nc(-c4ccccc4)cc23)CC1. The predicted molar refractivity (Wildman–Crippen MR) is 114 cm³/mol. The molecule has 1 aliphatic carbocycles. The minimum Gasteiger partial charge on any atom is -0.355 e. The van der Waals surface area contributed by atoms with Crippen LogP contribution in [0.15, 0.2) is 48.8 Å². The second-order valence-corrected chi connectivity index (χ2v) is 8.23. The van der Waals surface area contributed by atoms with Gasteiger partial charge in [0.2, 0.25) is 5.91 Å². The Hall–Kier alpha value is -2.89. The molecule has 1 saturated heterocycles. The van der Waals surface area contributed by atoms with Gasteiger partial charge in [0.1, 0.15) is 5.52 Å². The Balaban J connectivity index is 1.30. The Morgan fingerprint density at radius 3 is 2.55 bits per heavy atom. The van der Waals surface area contributed by atoms with Crippen LogP contribution in [0.4, 0.5) is 5.82 Å². The van der Waals surface area contributed by atoms with Crippen molar-refractivity contribution in [3.63, 3.8) is 0 Å². The van der Waals surface area contributed by atoms with Crippen molar-refractivity contribution in [1.29, 1.82) is 0 Å². The molecule has 2 aliphatic rings. The first-order valence-electron chi connectivity index (χ1n) is 10.7. The van der Waals surface area contributed by atoms with Crippen LogP contribution in [-0.4, -0.2) is 39.6 Å². The maximum Gasteiger partial charge on any atom is 0.223 e. The topological polar surface area (TPSA) is 62.5 Å². The van der Waals surface area contributed by atoms with E-state index in [1.165, 1.54) is 12.8 Å². The lowest BCUT2D eigenvalue weighted by Gasteiger charge is -2.32. The zero-order chi connectivity index (χ0) is 19.6. The molecule has 29 heavy (non-hydrogen) atoms. The molecular weight excluding hydrogens is 362 g/mol. The standard InChI is InChI=1S/C23H27N5O/c29-23(25-19-8-4-5-9-19)18-10-13-27(14-11-18)22-21-16-20(17-6-2-1-3-7-17)26-28(21)15-12-24-22/h1-3,6-7,12,15-16,18-19H,4-5,8-11,13-14H2,(H,25,29). The number of piperidine rings is 1. The summed E-state index contributed by atoms with van der Waals surface area (Å²) < 4.78 is 1.91. The van der Waals surface area contributed by atoms with Gasteiger partial charge in [0.05, 0.1) is 5.69 Å². The normalized spacial score (nSPS) is 18.4. The van der Waals surface area contributed by atoms with Crippen molar-refractivity contribution < 1.29 is 4.79 Å². The van der Waals surface area contributed by atoms with Crippen LogP contribution in [0.3, 0.4) is 0 Å². The number of aromatic nitrogens is 3. The molecular formula is C23H27N5O. The van der Waals surface area contributed by atoms with Crippen molar-refractivity contribution in [3.8, 4) is 11.3 Å². The lowest BCUT2D eigenvalue weighted by molar-refractivity contribution is -0.126. The van der Waals surface area contributed by atoms with Gasteiger partial charge < -0.3 is 10.2 Å². The zero-order valence-electron chi connectivity index (χ0n) is 16.6. The molecule has 1 aromatic carbocycles. The molecule has 1 saturated carbocycles. The Labute approximate surface area is 170 Å². The summed E-state index contributed by atoms with van der Waals surface area (Å²) in [6, 6.07) is 12.7. The van der Waals surface area contributed by atoms with Gasteiger partial charge >= 0.3 is 0 Å². The van der Waals surface area contributed by atoms with E-state index in [1.54, 1.807) is 0 Å². The molecule has 150 valence electrons. The van der Waals surface area contributed by atoms with E-state index in [2.05, 4.69) is 33.4 Å². The maximum atomic E-state index is 12.6. The molecule has 0 spiro atoms. The number of hydrogen-bond donors (Lipinski definition) is 1. The third kappa shape index (κ3) is 3.71. The second kappa shape index (κ2) is 7.85. The van der Waals surface area contributed by atoms with Crippen molar-refractivity contribution in [1.82, 2.24) is 19.9 Å². The largest absolute Gasteiger partial charge is 0.355 e. The third-order valence-corrected chi connectivity index (χ3v) is 6.31. The Morgan fingerprint density at radius 1 is 1.03 bits per heavy atom. The van der Waals surface area contributed by atoms with Gasteiger partial charge in [-0.1, -0.05) is 43.2 Å². The summed E-state index contributed by atoms with van der Waals surface area (Å²) in [6.07, 6.45) is 10.2. The molecule has 6 heteroatoms. The van der Waals surface area contributed by atoms with Gasteiger partial charge in [-0.2, -0.15) is 5.10 Å². The summed E-state index contributed by atoms with van der Waals surface area (Å²) in [5, 5.41) is 7.99. The summed E-state index contributed by atoms with van der Waals surface area (Å²) in [6.45, 7) is 1.70. The lowest BCUT2D eigenvalue weighted by Crippen LogP contribution is -2.43. The number of anilines is 1. The highest BCUT2D eigenvalue weighted by Gasteiger charge is 2.28. The number of carbonyl (C=O) groups is 1. The molecule has 5 rings (SSSR count). The minimum absolute atomic E-state index is 0.122. The number of rotatable bonds is 4. The van der Waals surface area contributed by atoms with Crippen LogP contribution in [0.5, 0.6) is 0 Å². The van der Waals surface area contributed by atoms with E-state index >= 15 is 0 Å². The van der Waals surface area contributed by atoms with Crippen LogP contribution in [0.25, 0.3) is 16.8 Å². The van der Waals surface area contributed by atoms with Crippen molar-refractivity contribution in [2.45, 2.75) is 44.6 Å². The Bertz CT molecular complexity index is 985. The molecule has 0 atom stereocenters. The lowest BCUT2D eigenvalue weighted by atomic mass is 9.95. The summed E-state index contributed by atoms with van der Waals surface area (Å²) in [5.74, 6) is 1.33. The fraction of sp³-hybridized carbons (Fsp3) is 0.435. The van der Waals surface area contributed by atoms with Crippen LogP contribution in [0, 0.1) is 5.92 Å². The smallest absolute Gasteiger partial charge is 0.223 e. The van der Waals surface area contributed by atoms with Gasteiger partial charge in [0.15, 0.2) is 5.82 Å². The van der Waals surface area contributed by atoms with Gasteiger partial charge in [-0.25, -0.2) is 9.50 Å². The molecule has 6 nitrogen and oxygen atoms in total. The molecule has 3 heterocycles. The molecule has 3 aromatic rings. The van der Waals surface area contributed by atoms with Gasteiger partial charge in [0.25, 0.3) is 0 Å². The molecule has 0 bridgehead atoms. The van der Waals surface area contributed by atoms with Gasteiger partial charge in [-0.15, -0.1) is 0 Å².